The molecule has 5 heteroatoms. The van der Waals surface area contributed by atoms with Crippen LogP contribution >= 0.6 is 0 Å². The molecule has 148 valence electrons. The Morgan fingerprint density at radius 2 is 1.57 bits per heavy atom. The van der Waals surface area contributed by atoms with E-state index in [-0.39, 0.29) is 5.56 Å². The summed E-state index contributed by atoms with van der Waals surface area (Å²) in [5.74, 6) is 0. The molecule has 0 N–H and O–H groups in total. The third kappa shape index (κ3) is 3.45. The molecule has 2 aromatic heterocycles. The maximum absolute atomic E-state index is 13.6. The van der Waals surface area contributed by atoms with Crippen LogP contribution in [0.2, 0.25) is 0 Å². The van der Waals surface area contributed by atoms with Crippen molar-refractivity contribution in [3.8, 4) is 28.1 Å². The number of rotatable bonds is 4. The van der Waals surface area contributed by atoms with E-state index in [1.807, 2.05) is 85.1 Å². The quantitative estimate of drug-likeness (QED) is 0.505. The molecular formula is C25H20N2O3. The smallest absolute Gasteiger partial charge is 0.263 e. The molecule has 0 atom stereocenters. The Hall–Kier alpha value is -3.54. The summed E-state index contributed by atoms with van der Waals surface area (Å²) < 4.78 is 13.1. The first-order valence-corrected chi connectivity index (χ1v) is 9.87. The zero-order valence-electron chi connectivity index (χ0n) is 16.3. The first-order valence-electron chi connectivity index (χ1n) is 9.87. The molecule has 2 aromatic carbocycles. The van der Waals surface area contributed by atoms with Gasteiger partial charge in [-0.3, -0.25) is 14.3 Å². The van der Waals surface area contributed by atoms with Crippen molar-refractivity contribution in [2.24, 2.45) is 0 Å². The van der Waals surface area contributed by atoms with Gasteiger partial charge in [-0.05, 0) is 35.9 Å². The van der Waals surface area contributed by atoms with E-state index < -0.39 is 6.29 Å². The Morgan fingerprint density at radius 1 is 0.833 bits per heavy atom. The van der Waals surface area contributed by atoms with Crippen LogP contribution in [0.3, 0.4) is 0 Å². The minimum Gasteiger partial charge on any atom is -0.346 e. The summed E-state index contributed by atoms with van der Waals surface area (Å²) in [5.41, 5.74) is 4.59. The number of ether oxygens (including phenoxy) is 2. The van der Waals surface area contributed by atoms with Crippen LogP contribution in [0.25, 0.3) is 28.1 Å². The third-order valence-electron chi connectivity index (χ3n) is 5.14. The highest BCUT2D eigenvalue weighted by Gasteiger charge is 2.23. The maximum Gasteiger partial charge on any atom is 0.263 e. The average molecular weight is 396 g/mol. The highest BCUT2D eigenvalue weighted by atomic mass is 16.7. The van der Waals surface area contributed by atoms with Crippen molar-refractivity contribution in [2.45, 2.75) is 6.29 Å². The van der Waals surface area contributed by atoms with E-state index in [0.29, 0.717) is 18.8 Å². The fourth-order valence-electron chi connectivity index (χ4n) is 3.71. The molecule has 0 aliphatic carbocycles. The first-order chi connectivity index (χ1) is 14.8. The van der Waals surface area contributed by atoms with Crippen LogP contribution in [0.15, 0.2) is 96.1 Å². The lowest BCUT2D eigenvalue weighted by molar-refractivity contribution is -0.0436. The second-order valence-electron chi connectivity index (χ2n) is 7.03. The van der Waals surface area contributed by atoms with Crippen molar-refractivity contribution >= 4 is 0 Å². The molecule has 1 aliphatic rings. The molecule has 3 heterocycles. The summed E-state index contributed by atoms with van der Waals surface area (Å²) in [6.45, 7) is 1.09. The molecule has 0 bridgehead atoms. The van der Waals surface area contributed by atoms with E-state index in [9.17, 15) is 4.79 Å². The molecule has 0 spiro atoms. The van der Waals surface area contributed by atoms with Crippen LogP contribution in [0, 0.1) is 0 Å². The van der Waals surface area contributed by atoms with Gasteiger partial charge in [0, 0.05) is 34.8 Å². The van der Waals surface area contributed by atoms with Crippen molar-refractivity contribution in [1.82, 2.24) is 9.55 Å². The van der Waals surface area contributed by atoms with Gasteiger partial charge in [0.1, 0.15) is 0 Å². The summed E-state index contributed by atoms with van der Waals surface area (Å²) in [6.07, 6.45) is 3.12. The lowest BCUT2D eigenvalue weighted by atomic mass is 9.98. The van der Waals surface area contributed by atoms with E-state index in [0.717, 1.165) is 28.1 Å². The van der Waals surface area contributed by atoms with Gasteiger partial charge in [0.2, 0.25) is 0 Å². The van der Waals surface area contributed by atoms with E-state index in [2.05, 4.69) is 4.98 Å². The molecule has 1 saturated heterocycles. The minimum absolute atomic E-state index is 0.105. The topological polar surface area (TPSA) is 53.4 Å². The number of pyridine rings is 2. The van der Waals surface area contributed by atoms with Crippen LogP contribution in [-0.2, 0) is 9.47 Å². The number of nitrogens with zero attached hydrogens (tertiary/aromatic N) is 2. The lowest BCUT2D eigenvalue weighted by Gasteiger charge is -2.17. The summed E-state index contributed by atoms with van der Waals surface area (Å²) in [6, 6.07) is 25.0. The number of aromatic nitrogens is 2. The Labute approximate surface area is 174 Å². The van der Waals surface area contributed by atoms with Crippen molar-refractivity contribution in [1.29, 1.82) is 0 Å². The third-order valence-corrected chi connectivity index (χ3v) is 5.14. The Morgan fingerprint density at radius 3 is 2.33 bits per heavy atom. The van der Waals surface area contributed by atoms with Crippen LogP contribution < -0.4 is 5.56 Å². The molecule has 0 amide bonds. The van der Waals surface area contributed by atoms with Crippen LogP contribution in [0.1, 0.15) is 11.9 Å². The Kier molecular flexibility index (Phi) is 4.97. The SMILES string of the molecule is O=c1c(-c2ccccc2C2OCCO2)cc(-c2ccccn2)cn1-c1ccccc1. The van der Waals surface area contributed by atoms with Gasteiger partial charge in [-0.15, -0.1) is 0 Å². The largest absolute Gasteiger partial charge is 0.346 e. The number of benzene rings is 2. The van der Waals surface area contributed by atoms with Crippen molar-refractivity contribution in [3.05, 3.63) is 107 Å². The molecule has 30 heavy (non-hydrogen) atoms. The summed E-state index contributed by atoms with van der Waals surface area (Å²) in [7, 11) is 0. The highest BCUT2D eigenvalue weighted by molar-refractivity contribution is 5.73. The normalized spacial score (nSPS) is 14.1. The van der Waals surface area contributed by atoms with Gasteiger partial charge < -0.3 is 9.47 Å². The molecule has 1 fully saturated rings. The molecule has 0 saturated carbocycles. The van der Waals surface area contributed by atoms with E-state index in [1.165, 1.54) is 0 Å². The van der Waals surface area contributed by atoms with Crippen LogP contribution in [0.5, 0.6) is 0 Å². The van der Waals surface area contributed by atoms with Gasteiger partial charge in [-0.25, -0.2) is 0 Å². The van der Waals surface area contributed by atoms with Crippen molar-refractivity contribution in [3.63, 3.8) is 0 Å². The maximum atomic E-state index is 13.6. The minimum atomic E-state index is -0.468. The predicted octanol–water partition coefficient (Wildman–Crippen LogP) is 4.61. The highest BCUT2D eigenvalue weighted by Crippen LogP contribution is 2.33. The Bertz CT molecular complexity index is 1210. The van der Waals surface area contributed by atoms with Crippen LogP contribution in [-0.4, -0.2) is 22.8 Å². The van der Waals surface area contributed by atoms with Crippen LogP contribution in [0.4, 0.5) is 0 Å². The van der Waals surface area contributed by atoms with Gasteiger partial charge in [0.25, 0.3) is 5.56 Å². The van der Waals surface area contributed by atoms with Crippen molar-refractivity contribution in [2.75, 3.05) is 13.2 Å². The molecule has 1 aliphatic heterocycles. The van der Waals surface area contributed by atoms with Gasteiger partial charge in [0.15, 0.2) is 6.29 Å². The summed E-state index contributed by atoms with van der Waals surface area (Å²) in [4.78, 5) is 18.1. The first kappa shape index (κ1) is 18.5. The summed E-state index contributed by atoms with van der Waals surface area (Å²) >= 11 is 0. The number of para-hydroxylation sites is 1. The molecule has 0 unspecified atom stereocenters. The molecular weight excluding hydrogens is 376 g/mol. The number of hydrogen-bond acceptors (Lipinski definition) is 4. The number of hydrogen-bond donors (Lipinski definition) is 0. The fourth-order valence-corrected chi connectivity index (χ4v) is 3.71. The zero-order chi connectivity index (χ0) is 20.3. The summed E-state index contributed by atoms with van der Waals surface area (Å²) in [5, 5.41) is 0. The van der Waals surface area contributed by atoms with Gasteiger partial charge in [-0.2, -0.15) is 0 Å². The van der Waals surface area contributed by atoms with Gasteiger partial charge in [-0.1, -0.05) is 48.5 Å². The Balaban J connectivity index is 1.76. The fraction of sp³-hybridized carbons (Fsp3) is 0.120. The van der Waals surface area contributed by atoms with E-state index >= 15 is 0 Å². The van der Waals surface area contributed by atoms with Crippen molar-refractivity contribution < 1.29 is 9.47 Å². The molecule has 5 nitrogen and oxygen atoms in total. The zero-order valence-corrected chi connectivity index (χ0v) is 16.3. The monoisotopic (exact) mass is 396 g/mol. The predicted molar refractivity (Wildman–Crippen MR) is 115 cm³/mol. The van der Waals surface area contributed by atoms with Gasteiger partial charge >= 0.3 is 0 Å². The second kappa shape index (κ2) is 8.06. The molecule has 4 aromatic rings. The lowest BCUT2D eigenvalue weighted by Crippen LogP contribution is -2.20. The average Bonchev–Trinajstić information content (AvgIpc) is 3.35. The second-order valence-corrected chi connectivity index (χ2v) is 7.03. The molecule has 0 radical (unpaired) electrons. The molecule has 5 rings (SSSR count). The van der Waals surface area contributed by atoms with Gasteiger partial charge in [0.05, 0.1) is 18.9 Å². The standard InChI is InChI=1S/C25H20N2O3/c28-24-22(20-10-4-5-11-21(20)25-29-14-15-30-25)16-18(23-12-6-7-13-26-23)17-27(24)19-8-2-1-3-9-19/h1-13,16-17,25H,14-15H2. The van der Waals surface area contributed by atoms with E-state index in [1.54, 1.807) is 10.8 Å². The van der Waals surface area contributed by atoms with E-state index in [4.69, 9.17) is 9.47 Å².